The normalized spacial score (nSPS) is 13.0. The van der Waals surface area contributed by atoms with E-state index in [-0.39, 0.29) is 12.2 Å². The summed E-state index contributed by atoms with van der Waals surface area (Å²) in [4.78, 5) is 0. The minimum absolute atomic E-state index is 0.214. The Labute approximate surface area is 123 Å². The minimum Gasteiger partial charge on any atom is -0.376 e. The van der Waals surface area contributed by atoms with Gasteiger partial charge < -0.3 is 4.18 Å². The van der Waals surface area contributed by atoms with Crippen molar-refractivity contribution in [2.45, 2.75) is 31.6 Å². The maximum atomic E-state index is 12.5. The van der Waals surface area contributed by atoms with E-state index in [1.807, 2.05) is 19.6 Å². The Hall–Kier alpha value is -1.28. The molecule has 0 bridgehead atoms. The molecule has 1 aromatic rings. The third-order valence-electron chi connectivity index (χ3n) is 2.75. The number of halogens is 3. The van der Waals surface area contributed by atoms with E-state index in [0.717, 1.165) is 0 Å². The Morgan fingerprint density at radius 2 is 1.86 bits per heavy atom. The van der Waals surface area contributed by atoms with E-state index in [1.165, 1.54) is 12.1 Å². The first-order valence-electron chi connectivity index (χ1n) is 6.14. The van der Waals surface area contributed by atoms with Crippen molar-refractivity contribution in [1.29, 1.82) is 0 Å². The summed E-state index contributed by atoms with van der Waals surface area (Å²) in [6.45, 7) is 9.21. The van der Waals surface area contributed by atoms with E-state index in [4.69, 9.17) is 0 Å². The molecule has 0 spiro atoms. The molecule has 0 saturated heterocycles. The van der Waals surface area contributed by atoms with E-state index in [1.54, 1.807) is 12.1 Å². The molecule has 21 heavy (non-hydrogen) atoms. The number of allylic oxidation sites excluding steroid dienone is 1. The van der Waals surface area contributed by atoms with Crippen molar-refractivity contribution in [3.8, 4) is 5.75 Å². The molecular weight excluding hydrogens is 321 g/mol. The zero-order valence-corrected chi connectivity index (χ0v) is 13.8. The van der Waals surface area contributed by atoms with Crippen molar-refractivity contribution in [3.05, 3.63) is 36.4 Å². The Balaban J connectivity index is 3.48. The Morgan fingerprint density at radius 3 is 2.29 bits per heavy atom. The third kappa shape index (κ3) is 4.10. The fraction of sp³-hybridized carbons (Fsp3) is 0.385. The lowest BCUT2D eigenvalue weighted by Gasteiger charge is -2.23. The van der Waals surface area contributed by atoms with Gasteiger partial charge in [-0.05, 0) is 17.2 Å². The summed E-state index contributed by atoms with van der Waals surface area (Å²) in [5, 5.41) is 0.523. The molecule has 0 aliphatic carbocycles. The lowest BCUT2D eigenvalue weighted by atomic mass is 10.1. The number of hydrogen-bond acceptors (Lipinski definition) is 3. The summed E-state index contributed by atoms with van der Waals surface area (Å²) in [5.74, 6) is -0.214. The first kappa shape index (κ1) is 17.8. The molecule has 1 aromatic carbocycles. The van der Waals surface area contributed by atoms with Gasteiger partial charge in [-0.1, -0.05) is 43.9 Å². The van der Waals surface area contributed by atoms with Crippen molar-refractivity contribution in [2.24, 2.45) is 0 Å². The van der Waals surface area contributed by atoms with Gasteiger partial charge >= 0.3 is 15.6 Å². The minimum atomic E-state index is -5.69. The van der Waals surface area contributed by atoms with Crippen LogP contribution in [0.25, 0.3) is 0 Å². The number of alkyl halides is 3. The van der Waals surface area contributed by atoms with Gasteiger partial charge in [0.2, 0.25) is 0 Å². The highest BCUT2D eigenvalue weighted by molar-refractivity contribution is 7.88. The Morgan fingerprint density at radius 1 is 1.29 bits per heavy atom. The van der Waals surface area contributed by atoms with Crippen LogP contribution >= 0.6 is 0 Å². The summed E-state index contributed by atoms with van der Waals surface area (Å²) in [6.07, 6.45) is 1.71. The molecule has 1 rings (SSSR count). The van der Waals surface area contributed by atoms with Crippen LogP contribution in [0.3, 0.4) is 0 Å². The second kappa shape index (κ2) is 5.84. The van der Waals surface area contributed by atoms with Crippen LogP contribution in [0.4, 0.5) is 13.2 Å². The standard InChI is InChI=1S/C13H17F3O3SSi/c1-5-7-10-8-6-9-11(21(2,3)4)12(10)19-20(17,18)13(14,15)16/h5-6,8-9H,1,7H2,2-4H3. The topological polar surface area (TPSA) is 43.4 Å². The zero-order valence-electron chi connectivity index (χ0n) is 12.0. The molecule has 8 heteroatoms. The number of hydrogen-bond donors (Lipinski definition) is 0. The van der Waals surface area contributed by atoms with Crippen LogP contribution < -0.4 is 9.37 Å². The lowest BCUT2D eigenvalue weighted by Crippen LogP contribution is -2.41. The predicted octanol–water partition coefficient (Wildman–Crippen LogP) is 3.19. The lowest BCUT2D eigenvalue weighted by molar-refractivity contribution is -0.0499. The molecule has 0 amide bonds. The summed E-state index contributed by atoms with van der Waals surface area (Å²) in [5.41, 5.74) is -5.08. The van der Waals surface area contributed by atoms with Crippen LogP contribution in [-0.2, 0) is 16.5 Å². The first-order chi connectivity index (χ1) is 9.40. The van der Waals surface area contributed by atoms with E-state index >= 15 is 0 Å². The van der Waals surface area contributed by atoms with Gasteiger partial charge in [0.15, 0.2) is 0 Å². The molecule has 0 fully saturated rings. The zero-order chi connectivity index (χ0) is 16.5. The largest absolute Gasteiger partial charge is 0.534 e. The Bertz CT molecular complexity index is 631. The monoisotopic (exact) mass is 338 g/mol. The van der Waals surface area contributed by atoms with Gasteiger partial charge in [-0.3, -0.25) is 0 Å². The maximum absolute atomic E-state index is 12.5. The van der Waals surface area contributed by atoms with Gasteiger partial charge in [-0.2, -0.15) is 21.6 Å². The molecule has 0 radical (unpaired) electrons. The smallest absolute Gasteiger partial charge is 0.376 e. The summed E-state index contributed by atoms with van der Waals surface area (Å²) in [7, 11) is -7.77. The van der Waals surface area contributed by atoms with E-state index < -0.39 is 23.7 Å². The van der Waals surface area contributed by atoms with Crippen LogP contribution in [0.5, 0.6) is 5.75 Å². The van der Waals surface area contributed by atoms with E-state index in [0.29, 0.717) is 10.8 Å². The molecule has 0 aliphatic heterocycles. The van der Waals surface area contributed by atoms with Crippen LogP contribution in [0.1, 0.15) is 5.56 Å². The molecule has 0 heterocycles. The van der Waals surface area contributed by atoms with Crippen molar-refractivity contribution >= 4 is 23.4 Å². The third-order valence-corrected chi connectivity index (χ3v) is 5.71. The molecule has 0 saturated carbocycles. The molecule has 0 N–H and O–H groups in total. The average Bonchev–Trinajstić information content (AvgIpc) is 2.28. The average molecular weight is 338 g/mol. The molecule has 0 aliphatic rings. The first-order valence-corrected chi connectivity index (χ1v) is 11.0. The predicted molar refractivity (Wildman–Crippen MR) is 78.9 cm³/mol. The van der Waals surface area contributed by atoms with Crippen molar-refractivity contribution in [2.75, 3.05) is 0 Å². The highest BCUT2D eigenvalue weighted by Crippen LogP contribution is 2.29. The van der Waals surface area contributed by atoms with Gasteiger partial charge in [-0.25, -0.2) is 0 Å². The van der Waals surface area contributed by atoms with Gasteiger partial charge in [0.05, 0.1) is 8.07 Å². The van der Waals surface area contributed by atoms with Crippen molar-refractivity contribution in [3.63, 3.8) is 0 Å². The van der Waals surface area contributed by atoms with Gasteiger partial charge in [-0.15, -0.1) is 6.58 Å². The summed E-state index contributed by atoms with van der Waals surface area (Å²) < 4.78 is 64.7. The van der Waals surface area contributed by atoms with Crippen LogP contribution in [-0.4, -0.2) is 22.0 Å². The van der Waals surface area contributed by atoms with Gasteiger partial charge in [0, 0.05) is 0 Å². The number of rotatable bonds is 5. The highest BCUT2D eigenvalue weighted by Gasteiger charge is 2.49. The van der Waals surface area contributed by atoms with Gasteiger partial charge in [0.25, 0.3) is 0 Å². The number of benzene rings is 1. The number of para-hydroxylation sites is 1. The SMILES string of the molecule is C=CCc1cccc([Si](C)(C)C)c1OS(=O)(=O)C(F)(F)F. The molecule has 118 valence electrons. The van der Waals surface area contributed by atoms with Crippen LogP contribution in [0, 0.1) is 0 Å². The van der Waals surface area contributed by atoms with Crippen LogP contribution in [0.2, 0.25) is 19.6 Å². The highest BCUT2D eigenvalue weighted by atomic mass is 32.2. The van der Waals surface area contributed by atoms with E-state index in [9.17, 15) is 21.6 Å². The van der Waals surface area contributed by atoms with Crippen molar-refractivity contribution in [1.82, 2.24) is 0 Å². The molecule has 0 aromatic heterocycles. The summed E-state index contributed by atoms with van der Waals surface area (Å²) in [6, 6.07) is 4.83. The Kier molecular flexibility index (Phi) is 4.94. The second-order valence-corrected chi connectivity index (χ2v) is 12.1. The quantitative estimate of drug-likeness (QED) is 0.358. The van der Waals surface area contributed by atoms with E-state index in [2.05, 4.69) is 10.8 Å². The molecule has 0 atom stereocenters. The van der Waals surface area contributed by atoms with Crippen LogP contribution in [0.15, 0.2) is 30.9 Å². The second-order valence-electron chi connectivity index (χ2n) is 5.52. The molecule has 0 unspecified atom stereocenters. The maximum Gasteiger partial charge on any atom is 0.534 e. The van der Waals surface area contributed by atoms with Gasteiger partial charge in [0.1, 0.15) is 5.75 Å². The molecular formula is C13H17F3O3SSi. The fourth-order valence-corrected chi connectivity index (χ4v) is 3.82. The molecule has 3 nitrogen and oxygen atoms in total. The van der Waals surface area contributed by atoms with Crippen molar-refractivity contribution < 1.29 is 25.8 Å². The fourth-order valence-electron chi connectivity index (χ4n) is 1.75. The summed E-state index contributed by atoms with van der Waals surface area (Å²) >= 11 is 0.